The van der Waals surface area contributed by atoms with E-state index in [2.05, 4.69) is 0 Å². The first-order chi connectivity index (χ1) is 10.3. The Morgan fingerprint density at radius 2 is 1.81 bits per heavy atom. The maximum atomic E-state index is 11.7. The molecule has 21 heavy (non-hydrogen) atoms. The highest BCUT2D eigenvalue weighted by atomic mass is 16.7. The molecule has 3 rings (SSSR count). The summed E-state index contributed by atoms with van der Waals surface area (Å²) in [6, 6.07) is 15.4. The molecule has 0 saturated heterocycles. The van der Waals surface area contributed by atoms with Gasteiger partial charge in [0.05, 0.1) is 0 Å². The predicted octanol–water partition coefficient (Wildman–Crippen LogP) is 3.09. The Balaban J connectivity index is 1.47. The van der Waals surface area contributed by atoms with E-state index in [0.29, 0.717) is 18.6 Å². The van der Waals surface area contributed by atoms with Gasteiger partial charge in [-0.1, -0.05) is 36.4 Å². The normalized spacial score (nSPS) is 12.2. The lowest BCUT2D eigenvalue weighted by atomic mass is 10.1. The van der Waals surface area contributed by atoms with Crippen LogP contribution in [0.2, 0.25) is 0 Å². The Hall–Kier alpha value is -2.49. The molecule has 1 heterocycles. The smallest absolute Gasteiger partial charge is 0.306 e. The summed E-state index contributed by atoms with van der Waals surface area (Å²) in [7, 11) is 0. The van der Waals surface area contributed by atoms with Crippen LogP contribution in [0.3, 0.4) is 0 Å². The first-order valence-corrected chi connectivity index (χ1v) is 6.89. The molecule has 0 bridgehead atoms. The molecule has 1 aliphatic heterocycles. The standard InChI is InChI=1S/C17H16O4/c18-17(9-7-13-4-2-1-3-5-13)19-11-14-6-8-15-16(10-14)21-12-20-15/h1-6,8,10H,7,9,11-12H2. The zero-order valence-electron chi connectivity index (χ0n) is 11.6. The lowest BCUT2D eigenvalue weighted by Crippen LogP contribution is -2.05. The van der Waals surface area contributed by atoms with E-state index in [1.807, 2.05) is 48.5 Å². The lowest BCUT2D eigenvalue weighted by Gasteiger charge is -2.06. The summed E-state index contributed by atoms with van der Waals surface area (Å²) in [4.78, 5) is 11.7. The monoisotopic (exact) mass is 284 g/mol. The van der Waals surface area contributed by atoms with E-state index in [1.54, 1.807) is 0 Å². The Bertz CT molecular complexity index is 622. The second-order valence-electron chi connectivity index (χ2n) is 4.83. The van der Waals surface area contributed by atoms with Gasteiger partial charge in [-0.2, -0.15) is 0 Å². The molecule has 2 aromatic carbocycles. The van der Waals surface area contributed by atoms with Gasteiger partial charge >= 0.3 is 5.97 Å². The highest BCUT2D eigenvalue weighted by Gasteiger charge is 2.13. The van der Waals surface area contributed by atoms with Crippen LogP contribution in [-0.2, 0) is 22.6 Å². The van der Waals surface area contributed by atoms with Crippen molar-refractivity contribution in [3.8, 4) is 11.5 Å². The third-order valence-electron chi connectivity index (χ3n) is 3.30. The van der Waals surface area contributed by atoms with Crippen LogP contribution in [0.15, 0.2) is 48.5 Å². The molecule has 108 valence electrons. The van der Waals surface area contributed by atoms with Crippen molar-refractivity contribution in [2.24, 2.45) is 0 Å². The van der Waals surface area contributed by atoms with Crippen molar-refractivity contribution in [2.45, 2.75) is 19.4 Å². The molecule has 0 aromatic heterocycles. The second-order valence-corrected chi connectivity index (χ2v) is 4.83. The molecular weight excluding hydrogens is 268 g/mol. The number of hydrogen-bond donors (Lipinski definition) is 0. The van der Waals surface area contributed by atoms with Crippen molar-refractivity contribution in [3.63, 3.8) is 0 Å². The van der Waals surface area contributed by atoms with Crippen LogP contribution in [0.1, 0.15) is 17.5 Å². The fourth-order valence-corrected chi connectivity index (χ4v) is 2.16. The molecule has 0 saturated carbocycles. The zero-order chi connectivity index (χ0) is 14.5. The largest absolute Gasteiger partial charge is 0.461 e. The molecular formula is C17H16O4. The van der Waals surface area contributed by atoms with E-state index in [-0.39, 0.29) is 19.4 Å². The summed E-state index contributed by atoms with van der Waals surface area (Å²) >= 11 is 0. The Labute approximate surface area is 123 Å². The maximum Gasteiger partial charge on any atom is 0.306 e. The third-order valence-corrected chi connectivity index (χ3v) is 3.30. The number of benzene rings is 2. The van der Waals surface area contributed by atoms with Crippen LogP contribution in [0, 0.1) is 0 Å². The minimum atomic E-state index is -0.198. The van der Waals surface area contributed by atoms with Gasteiger partial charge in [-0.05, 0) is 29.7 Å². The van der Waals surface area contributed by atoms with Crippen LogP contribution in [0.5, 0.6) is 11.5 Å². The fraction of sp³-hybridized carbons (Fsp3) is 0.235. The summed E-state index contributed by atoms with van der Waals surface area (Å²) in [6.45, 7) is 0.500. The molecule has 4 nitrogen and oxygen atoms in total. The van der Waals surface area contributed by atoms with Crippen LogP contribution in [-0.4, -0.2) is 12.8 Å². The minimum Gasteiger partial charge on any atom is -0.461 e. The van der Waals surface area contributed by atoms with E-state index < -0.39 is 0 Å². The first-order valence-electron chi connectivity index (χ1n) is 6.89. The summed E-state index contributed by atoms with van der Waals surface area (Å²) in [6.07, 6.45) is 1.08. The summed E-state index contributed by atoms with van der Waals surface area (Å²) in [5.74, 6) is 1.23. The van der Waals surface area contributed by atoms with Crippen molar-refractivity contribution >= 4 is 5.97 Å². The lowest BCUT2D eigenvalue weighted by molar-refractivity contribution is -0.144. The average Bonchev–Trinajstić information content (AvgIpc) is 2.99. The molecule has 1 aliphatic rings. The van der Waals surface area contributed by atoms with E-state index in [1.165, 1.54) is 0 Å². The van der Waals surface area contributed by atoms with Gasteiger partial charge in [0.2, 0.25) is 6.79 Å². The van der Waals surface area contributed by atoms with Crippen molar-refractivity contribution in [1.29, 1.82) is 0 Å². The molecule has 4 heteroatoms. The third kappa shape index (κ3) is 3.54. The Morgan fingerprint density at radius 3 is 2.67 bits per heavy atom. The highest BCUT2D eigenvalue weighted by molar-refractivity contribution is 5.69. The van der Waals surface area contributed by atoms with Crippen LogP contribution in [0.25, 0.3) is 0 Å². The first kappa shape index (κ1) is 13.5. The van der Waals surface area contributed by atoms with Gasteiger partial charge in [0.1, 0.15) is 6.61 Å². The molecule has 0 N–H and O–H groups in total. The number of esters is 1. The number of ether oxygens (including phenoxy) is 3. The van der Waals surface area contributed by atoms with Gasteiger partial charge in [0.25, 0.3) is 0 Å². The van der Waals surface area contributed by atoms with Crippen molar-refractivity contribution in [3.05, 3.63) is 59.7 Å². The predicted molar refractivity (Wildman–Crippen MR) is 77.1 cm³/mol. The highest BCUT2D eigenvalue weighted by Crippen LogP contribution is 2.32. The Morgan fingerprint density at radius 1 is 1.00 bits per heavy atom. The van der Waals surface area contributed by atoms with Crippen LogP contribution >= 0.6 is 0 Å². The molecule has 0 amide bonds. The van der Waals surface area contributed by atoms with Gasteiger partial charge in [-0.25, -0.2) is 0 Å². The summed E-state index contributed by atoms with van der Waals surface area (Å²) in [5.41, 5.74) is 2.03. The molecule has 0 fully saturated rings. The van der Waals surface area contributed by atoms with Gasteiger partial charge < -0.3 is 14.2 Å². The second kappa shape index (κ2) is 6.31. The maximum absolute atomic E-state index is 11.7. The van der Waals surface area contributed by atoms with Crippen molar-refractivity contribution < 1.29 is 19.0 Å². The van der Waals surface area contributed by atoms with Crippen molar-refractivity contribution in [1.82, 2.24) is 0 Å². The van der Waals surface area contributed by atoms with Gasteiger partial charge in [0.15, 0.2) is 11.5 Å². The van der Waals surface area contributed by atoms with Gasteiger partial charge in [-0.3, -0.25) is 4.79 Å². The van der Waals surface area contributed by atoms with E-state index in [9.17, 15) is 4.79 Å². The number of fused-ring (bicyclic) bond motifs is 1. The van der Waals surface area contributed by atoms with E-state index in [0.717, 1.165) is 16.9 Å². The molecule has 2 aromatic rings. The molecule has 0 unspecified atom stereocenters. The number of carbonyl (C=O) groups excluding carboxylic acids is 1. The summed E-state index contributed by atoms with van der Waals surface area (Å²) in [5, 5.41) is 0. The number of carbonyl (C=O) groups is 1. The zero-order valence-corrected chi connectivity index (χ0v) is 11.6. The minimum absolute atomic E-state index is 0.198. The van der Waals surface area contributed by atoms with Crippen molar-refractivity contribution in [2.75, 3.05) is 6.79 Å². The molecule has 0 spiro atoms. The number of hydrogen-bond acceptors (Lipinski definition) is 4. The van der Waals surface area contributed by atoms with Crippen LogP contribution < -0.4 is 9.47 Å². The molecule has 0 aliphatic carbocycles. The van der Waals surface area contributed by atoms with Gasteiger partial charge in [-0.15, -0.1) is 0 Å². The summed E-state index contributed by atoms with van der Waals surface area (Å²) < 4.78 is 15.8. The molecule has 0 radical (unpaired) electrons. The topological polar surface area (TPSA) is 44.8 Å². The Kier molecular flexibility index (Phi) is 4.05. The number of aryl methyl sites for hydroxylation is 1. The van der Waals surface area contributed by atoms with E-state index >= 15 is 0 Å². The van der Waals surface area contributed by atoms with E-state index in [4.69, 9.17) is 14.2 Å². The number of rotatable bonds is 5. The van der Waals surface area contributed by atoms with Crippen LogP contribution in [0.4, 0.5) is 0 Å². The van der Waals surface area contributed by atoms with Gasteiger partial charge in [0, 0.05) is 6.42 Å². The SMILES string of the molecule is O=C(CCc1ccccc1)OCc1ccc2c(c1)OCO2. The quantitative estimate of drug-likeness (QED) is 0.791. The molecule has 0 atom stereocenters. The fourth-order valence-electron chi connectivity index (χ4n) is 2.16. The average molecular weight is 284 g/mol.